The molecule has 0 amide bonds. The first-order valence-electron chi connectivity index (χ1n) is 6.03. The third kappa shape index (κ3) is 2.80. The zero-order valence-corrected chi connectivity index (χ0v) is 10.1. The van der Waals surface area contributed by atoms with E-state index in [0.717, 1.165) is 18.8 Å². The normalized spacial score (nSPS) is 22.2. The molecule has 1 aromatic heterocycles. The Morgan fingerprint density at radius 1 is 1.62 bits per heavy atom. The number of pyridine rings is 1. The Bertz CT molecular complexity index is 334. The number of hydrogen-bond acceptors (Lipinski definition) is 3. The van der Waals surface area contributed by atoms with Gasteiger partial charge in [-0.15, -0.1) is 0 Å². The van der Waals surface area contributed by atoms with Crippen molar-refractivity contribution in [3.63, 3.8) is 0 Å². The zero-order valence-electron chi connectivity index (χ0n) is 10.1. The van der Waals surface area contributed by atoms with Crippen molar-refractivity contribution in [1.29, 1.82) is 0 Å². The van der Waals surface area contributed by atoms with Gasteiger partial charge in [-0.05, 0) is 38.3 Å². The Balaban J connectivity index is 1.84. The van der Waals surface area contributed by atoms with Crippen LogP contribution in [-0.2, 0) is 11.3 Å². The van der Waals surface area contributed by atoms with Gasteiger partial charge >= 0.3 is 0 Å². The van der Waals surface area contributed by atoms with Crippen LogP contribution in [0.2, 0.25) is 0 Å². The number of aromatic nitrogens is 1. The number of ether oxygens (including phenoxy) is 1. The van der Waals surface area contributed by atoms with Crippen LogP contribution >= 0.6 is 0 Å². The molecule has 0 spiro atoms. The van der Waals surface area contributed by atoms with E-state index in [1.54, 1.807) is 0 Å². The molecule has 1 aliphatic heterocycles. The molecular formula is C13H20N2O. The standard InChI is InChI=1S/C13H20N2O/c1-10-5-3-7-14-12(10)9-15-11(2)13-6-4-8-16-13/h3,5,7,11,13,15H,4,6,8-9H2,1-2H3. The van der Waals surface area contributed by atoms with E-state index in [0.29, 0.717) is 12.1 Å². The molecule has 1 saturated heterocycles. The first kappa shape index (κ1) is 11.6. The zero-order chi connectivity index (χ0) is 11.4. The highest BCUT2D eigenvalue weighted by molar-refractivity contribution is 5.17. The van der Waals surface area contributed by atoms with Crippen LogP contribution in [0.25, 0.3) is 0 Å². The molecular weight excluding hydrogens is 200 g/mol. The van der Waals surface area contributed by atoms with Gasteiger partial charge in [-0.25, -0.2) is 0 Å². The molecule has 1 N–H and O–H groups in total. The summed E-state index contributed by atoms with van der Waals surface area (Å²) in [6, 6.07) is 4.48. The highest BCUT2D eigenvalue weighted by atomic mass is 16.5. The van der Waals surface area contributed by atoms with Gasteiger partial charge in [0.15, 0.2) is 0 Å². The van der Waals surface area contributed by atoms with Crippen LogP contribution in [0, 0.1) is 6.92 Å². The molecule has 0 aliphatic carbocycles. The van der Waals surface area contributed by atoms with Crippen molar-refractivity contribution >= 4 is 0 Å². The first-order chi connectivity index (χ1) is 7.77. The van der Waals surface area contributed by atoms with Gasteiger partial charge in [0.05, 0.1) is 11.8 Å². The third-order valence-electron chi connectivity index (χ3n) is 3.23. The van der Waals surface area contributed by atoms with Gasteiger partial charge in [-0.2, -0.15) is 0 Å². The predicted molar refractivity (Wildman–Crippen MR) is 64.2 cm³/mol. The van der Waals surface area contributed by atoms with E-state index in [-0.39, 0.29) is 0 Å². The van der Waals surface area contributed by atoms with E-state index < -0.39 is 0 Å². The Morgan fingerprint density at radius 3 is 3.19 bits per heavy atom. The van der Waals surface area contributed by atoms with Gasteiger partial charge in [0.25, 0.3) is 0 Å². The third-order valence-corrected chi connectivity index (χ3v) is 3.23. The summed E-state index contributed by atoms with van der Waals surface area (Å²) in [5.74, 6) is 0. The number of aryl methyl sites for hydroxylation is 1. The summed E-state index contributed by atoms with van der Waals surface area (Å²) in [4.78, 5) is 4.37. The fourth-order valence-corrected chi connectivity index (χ4v) is 2.09. The van der Waals surface area contributed by atoms with Gasteiger partial charge in [0.2, 0.25) is 0 Å². The van der Waals surface area contributed by atoms with Crippen molar-refractivity contribution in [3.8, 4) is 0 Å². The van der Waals surface area contributed by atoms with Crippen molar-refractivity contribution < 1.29 is 4.74 Å². The van der Waals surface area contributed by atoms with Crippen molar-refractivity contribution in [2.75, 3.05) is 6.61 Å². The Morgan fingerprint density at radius 2 is 2.50 bits per heavy atom. The Labute approximate surface area is 97.2 Å². The topological polar surface area (TPSA) is 34.2 Å². The summed E-state index contributed by atoms with van der Waals surface area (Å²) < 4.78 is 5.65. The lowest BCUT2D eigenvalue weighted by Crippen LogP contribution is -2.36. The summed E-state index contributed by atoms with van der Waals surface area (Å²) >= 11 is 0. The minimum atomic E-state index is 0.379. The molecule has 0 saturated carbocycles. The van der Waals surface area contributed by atoms with E-state index in [4.69, 9.17) is 4.74 Å². The van der Waals surface area contributed by atoms with E-state index in [1.165, 1.54) is 18.4 Å². The highest BCUT2D eigenvalue weighted by Gasteiger charge is 2.21. The van der Waals surface area contributed by atoms with Crippen LogP contribution in [0.1, 0.15) is 31.0 Å². The molecule has 2 atom stereocenters. The lowest BCUT2D eigenvalue weighted by molar-refractivity contribution is 0.0831. The minimum absolute atomic E-state index is 0.379. The summed E-state index contributed by atoms with van der Waals surface area (Å²) in [7, 11) is 0. The summed E-state index contributed by atoms with van der Waals surface area (Å²) in [6.07, 6.45) is 4.60. The van der Waals surface area contributed by atoms with Crippen LogP contribution in [0.3, 0.4) is 0 Å². The number of nitrogens with zero attached hydrogens (tertiary/aromatic N) is 1. The number of hydrogen-bond donors (Lipinski definition) is 1. The van der Waals surface area contributed by atoms with E-state index >= 15 is 0 Å². The monoisotopic (exact) mass is 220 g/mol. The fraction of sp³-hybridized carbons (Fsp3) is 0.615. The molecule has 16 heavy (non-hydrogen) atoms. The second-order valence-corrected chi connectivity index (χ2v) is 4.49. The van der Waals surface area contributed by atoms with Crippen LogP contribution in [0.4, 0.5) is 0 Å². The van der Waals surface area contributed by atoms with Crippen molar-refractivity contribution in [1.82, 2.24) is 10.3 Å². The molecule has 2 rings (SSSR count). The maximum Gasteiger partial charge on any atom is 0.0726 e. The quantitative estimate of drug-likeness (QED) is 0.843. The lowest BCUT2D eigenvalue weighted by Gasteiger charge is -2.20. The van der Waals surface area contributed by atoms with E-state index in [2.05, 4.69) is 30.2 Å². The van der Waals surface area contributed by atoms with Gasteiger partial charge in [0.1, 0.15) is 0 Å². The van der Waals surface area contributed by atoms with E-state index in [9.17, 15) is 0 Å². The molecule has 2 heterocycles. The molecule has 1 aliphatic rings. The van der Waals surface area contributed by atoms with Crippen molar-refractivity contribution in [3.05, 3.63) is 29.6 Å². The highest BCUT2D eigenvalue weighted by Crippen LogP contribution is 2.15. The van der Waals surface area contributed by atoms with Crippen LogP contribution < -0.4 is 5.32 Å². The molecule has 0 aromatic carbocycles. The first-order valence-corrected chi connectivity index (χ1v) is 6.03. The second kappa shape index (κ2) is 5.41. The molecule has 0 radical (unpaired) electrons. The fourth-order valence-electron chi connectivity index (χ4n) is 2.09. The summed E-state index contributed by atoms with van der Waals surface area (Å²) in [6.45, 7) is 6.03. The van der Waals surface area contributed by atoms with Crippen molar-refractivity contribution in [2.24, 2.45) is 0 Å². The Hall–Kier alpha value is -0.930. The maximum absolute atomic E-state index is 5.65. The summed E-state index contributed by atoms with van der Waals surface area (Å²) in [5.41, 5.74) is 2.38. The van der Waals surface area contributed by atoms with Gasteiger partial charge in [-0.3, -0.25) is 4.98 Å². The smallest absolute Gasteiger partial charge is 0.0726 e. The predicted octanol–water partition coefficient (Wildman–Crippen LogP) is 2.05. The van der Waals surface area contributed by atoms with Gasteiger partial charge in [-0.1, -0.05) is 6.07 Å². The van der Waals surface area contributed by atoms with Gasteiger partial charge < -0.3 is 10.1 Å². The molecule has 1 aromatic rings. The number of rotatable bonds is 4. The molecule has 1 fully saturated rings. The molecule has 3 nitrogen and oxygen atoms in total. The second-order valence-electron chi connectivity index (χ2n) is 4.49. The van der Waals surface area contributed by atoms with Crippen LogP contribution in [0.5, 0.6) is 0 Å². The largest absolute Gasteiger partial charge is 0.377 e. The summed E-state index contributed by atoms with van der Waals surface area (Å²) in [5, 5.41) is 3.49. The number of nitrogens with one attached hydrogen (secondary N) is 1. The average Bonchev–Trinajstić information content (AvgIpc) is 2.81. The molecule has 0 bridgehead atoms. The molecule has 2 unspecified atom stereocenters. The van der Waals surface area contributed by atoms with Crippen LogP contribution in [-0.4, -0.2) is 23.7 Å². The Kier molecular flexibility index (Phi) is 3.91. The maximum atomic E-state index is 5.65. The van der Waals surface area contributed by atoms with Crippen molar-refractivity contribution in [2.45, 2.75) is 45.4 Å². The van der Waals surface area contributed by atoms with Gasteiger partial charge in [0, 0.05) is 25.4 Å². The molecule has 88 valence electrons. The van der Waals surface area contributed by atoms with E-state index in [1.807, 2.05) is 12.3 Å². The van der Waals surface area contributed by atoms with Crippen LogP contribution in [0.15, 0.2) is 18.3 Å². The lowest BCUT2D eigenvalue weighted by atomic mass is 10.1. The minimum Gasteiger partial charge on any atom is -0.377 e. The SMILES string of the molecule is Cc1cccnc1CNC(C)C1CCCO1. The average molecular weight is 220 g/mol. The molecule has 3 heteroatoms.